The Morgan fingerprint density at radius 1 is 1.32 bits per heavy atom. The molecule has 0 saturated heterocycles. The molecule has 0 spiro atoms. The fourth-order valence-corrected chi connectivity index (χ4v) is 2.68. The molecule has 25 heavy (non-hydrogen) atoms. The lowest BCUT2D eigenvalue weighted by atomic mass is 10.0. The standard InChI is InChI=1S/C19H23ClFN3O/c1-11(2)16(12(3)17(22-5)24-19(4)8-9-19)18(25)23-15-7-6-13(20)10-14(15)21/h6-7,10,24H,5,8-9H2,1-4H3,(H,23,25)/b17-12-. The number of hydrogen-bond donors (Lipinski definition) is 2. The highest BCUT2D eigenvalue weighted by molar-refractivity contribution is 6.30. The zero-order valence-electron chi connectivity index (χ0n) is 15.0. The molecule has 6 heteroatoms. The van der Waals surface area contributed by atoms with Crippen molar-refractivity contribution >= 4 is 29.9 Å². The van der Waals surface area contributed by atoms with Gasteiger partial charge in [0.2, 0.25) is 0 Å². The number of hydrogen-bond acceptors (Lipinski definition) is 3. The van der Waals surface area contributed by atoms with Gasteiger partial charge in [-0.2, -0.15) is 0 Å². The van der Waals surface area contributed by atoms with E-state index in [1.165, 1.54) is 12.1 Å². The Hall–Kier alpha value is -2.14. The average molecular weight is 364 g/mol. The van der Waals surface area contributed by atoms with Crippen LogP contribution in [0.3, 0.4) is 0 Å². The van der Waals surface area contributed by atoms with Crippen LogP contribution in [0.5, 0.6) is 0 Å². The van der Waals surface area contributed by atoms with Crippen LogP contribution in [-0.4, -0.2) is 18.2 Å². The first-order valence-electron chi connectivity index (χ1n) is 8.07. The van der Waals surface area contributed by atoms with Gasteiger partial charge in [0.05, 0.1) is 5.69 Å². The number of benzene rings is 1. The maximum absolute atomic E-state index is 14.0. The molecule has 1 saturated carbocycles. The normalized spacial score (nSPS) is 15.8. The van der Waals surface area contributed by atoms with Crippen LogP contribution in [0.4, 0.5) is 10.1 Å². The van der Waals surface area contributed by atoms with Crippen molar-refractivity contribution in [2.75, 3.05) is 5.32 Å². The Bertz CT molecular complexity index is 775. The third-order valence-corrected chi connectivity index (χ3v) is 4.45. The molecule has 2 rings (SSSR count). The van der Waals surface area contributed by atoms with Crippen LogP contribution in [0, 0.1) is 5.82 Å². The lowest BCUT2D eigenvalue weighted by Gasteiger charge is -2.18. The lowest BCUT2D eigenvalue weighted by Crippen LogP contribution is -2.28. The molecule has 1 aliphatic carbocycles. The predicted octanol–water partition coefficient (Wildman–Crippen LogP) is 4.83. The van der Waals surface area contributed by atoms with Crippen molar-refractivity contribution in [3.8, 4) is 0 Å². The summed E-state index contributed by atoms with van der Waals surface area (Å²) < 4.78 is 14.0. The van der Waals surface area contributed by atoms with Crippen LogP contribution < -0.4 is 10.6 Å². The molecule has 0 heterocycles. The van der Waals surface area contributed by atoms with Gasteiger partial charge in [-0.25, -0.2) is 9.38 Å². The van der Waals surface area contributed by atoms with Crippen molar-refractivity contribution in [2.45, 2.75) is 46.1 Å². The predicted molar refractivity (Wildman–Crippen MR) is 101 cm³/mol. The molecule has 4 nitrogen and oxygen atoms in total. The molecular weight excluding hydrogens is 341 g/mol. The summed E-state index contributed by atoms with van der Waals surface area (Å²) in [5.41, 5.74) is 2.01. The number of aliphatic imine (C=N–C) groups is 1. The van der Waals surface area contributed by atoms with Crippen molar-refractivity contribution in [3.05, 3.63) is 51.6 Å². The summed E-state index contributed by atoms with van der Waals surface area (Å²) in [5, 5.41) is 6.21. The fourth-order valence-electron chi connectivity index (χ4n) is 2.52. The molecule has 0 aliphatic heterocycles. The summed E-state index contributed by atoms with van der Waals surface area (Å²) >= 11 is 5.75. The van der Waals surface area contributed by atoms with Gasteiger partial charge in [0, 0.05) is 21.7 Å². The maximum Gasteiger partial charge on any atom is 0.256 e. The lowest BCUT2D eigenvalue weighted by molar-refractivity contribution is -0.112. The highest BCUT2D eigenvalue weighted by atomic mass is 35.5. The van der Waals surface area contributed by atoms with Crippen molar-refractivity contribution in [3.63, 3.8) is 0 Å². The molecule has 1 aromatic rings. The van der Waals surface area contributed by atoms with Crippen molar-refractivity contribution < 1.29 is 9.18 Å². The van der Waals surface area contributed by atoms with Gasteiger partial charge in [0.1, 0.15) is 11.6 Å². The molecule has 0 bridgehead atoms. The number of nitrogens with zero attached hydrogens (tertiary/aromatic N) is 1. The van der Waals surface area contributed by atoms with Crippen LogP contribution in [-0.2, 0) is 4.79 Å². The smallest absolute Gasteiger partial charge is 0.256 e. The fraction of sp³-hybridized carbons (Fsp3) is 0.368. The number of rotatable bonds is 6. The minimum Gasteiger partial charge on any atom is -0.365 e. The van der Waals surface area contributed by atoms with E-state index in [4.69, 9.17) is 11.6 Å². The van der Waals surface area contributed by atoms with Gasteiger partial charge in [-0.1, -0.05) is 17.2 Å². The average Bonchev–Trinajstić information content (AvgIpc) is 3.25. The molecule has 1 amide bonds. The molecule has 0 unspecified atom stereocenters. The number of amides is 1. The van der Waals surface area contributed by atoms with Gasteiger partial charge < -0.3 is 10.6 Å². The molecule has 1 aliphatic rings. The number of anilines is 1. The Labute approximate surface area is 152 Å². The highest BCUT2D eigenvalue weighted by Gasteiger charge is 2.38. The Kier molecular flexibility index (Phi) is 5.68. The molecule has 0 aromatic heterocycles. The number of carbonyl (C=O) groups is 1. The van der Waals surface area contributed by atoms with Crippen LogP contribution in [0.15, 0.2) is 45.7 Å². The topological polar surface area (TPSA) is 53.5 Å². The van der Waals surface area contributed by atoms with Gasteiger partial charge in [0.25, 0.3) is 5.91 Å². The first-order valence-corrected chi connectivity index (χ1v) is 8.45. The Balaban J connectivity index is 2.32. The largest absolute Gasteiger partial charge is 0.365 e. The summed E-state index contributed by atoms with van der Waals surface area (Å²) in [6.07, 6.45) is 2.09. The molecule has 0 atom stereocenters. The van der Waals surface area contributed by atoms with E-state index in [2.05, 4.69) is 29.3 Å². The number of halogens is 2. The van der Waals surface area contributed by atoms with Crippen molar-refractivity contribution in [1.29, 1.82) is 0 Å². The van der Waals surface area contributed by atoms with E-state index in [0.29, 0.717) is 17.0 Å². The molecule has 1 aromatic carbocycles. The van der Waals surface area contributed by atoms with E-state index < -0.39 is 11.7 Å². The van der Waals surface area contributed by atoms with E-state index in [0.717, 1.165) is 24.5 Å². The second-order valence-corrected chi connectivity index (χ2v) is 7.21. The van der Waals surface area contributed by atoms with Gasteiger partial charge in [-0.3, -0.25) is 4.79 Å². The third-order valence-electron chi connectivity index (χ3n) is 4.21. The zero-order valence-corrected chi connectivity index (χ0v) is 15.7. The minimum absolute atomic E-state index is 0.00328. The summed E-state index contributed by atoms with van der Waals surface area (Å²) in [6.45, 7) is 11.2. The minimum atomic E-state index is -0.582. The van der Waals surface area contributed by atoms with Crippen molar-refractivity contribution in [2.24, 2.45) is 4.99 Å². The van der Waals surface area contributed by atoms with E-state index in [1.807, 2.05) is 20.8 Å². The van der Waals surface area contributed by atoms with Crippen LogP contribution in [0.2, 0.25) is 5.02 Å². The molecule has 0 radical (unpaired) electrons. The van der Waals surface area contributed by atoms with Gasteiger partial charge >= 0.3 is 0 Å². The third kappa shape index (κ3) is 4.69. The number of nitrogens with one attached hydrogen (secondary N) is 2. The summed E-state index contributed by atoms with van der Waals surface area (Å²) in [6, 6.07) is 4.12. The van der Waals surface area contributed by atoms with Crippen LogP contribution in [0.25, 0.3) is 0 Å². The second-order valence-electron chi connectivity index (χ2n) is 6.77. The maximum atomic E-state index is 14.0. The van der Waals surface area contributed by atoms with Gasteiger partial charge in [-0.05, 0) is 65.5 Å². The number of allylic oxidation sites excluding steroid dienone is 1. The van der Waals surface area contributed by atoms with Crippen LogP contribution >= 0.6 is 11.6 Å². The zero-order chi connectivity index (χ0) is 18.8. The van der Waals surface area contributed by atoms with E-state index in [1.54, 1.807) is 0 Å². The van der Waals surface area contributed by atoms with Crippen LogP contribution in [0.1, 0.15) is 40.5 Å². The molecule has 2 N–H and O–H groups in total. The summed E-state index contributed by atoms with van der Waals surface area (Å²) in [4.78, 5) is 16.8. The van der Waals surface area contributed by atoms with Crippen molar-refractivity contribution in [1.82, 2.24) is 5.32 Å². The molecule has 134 valence electrons. The second kappa shape index (κ2) is 7.40. The SMILES string of the molecule is C=N/C(NC1(C)CC1)=C(\C)C(C(=O)Nc1ccc(Cl)cc1F)=C(C)C. The number of carbonyl (C=O) groups excluding carboxylic acids is 1. The molecule has 1 fully saturated rings. The molecular formula is C19H23ClFN3O. The van der Waals surface area contributed by atoms with E-state index in [9.17, 15) is 9.18 Å². The highest BCUT2D eigenvalue weighted by Crippen LogP contribution is 2.36. The van der Waals surface area contributed by atoms with E-state index >= 15 is 0 Å². The quantitative estimate of drug-likeness (QED) is 0.432. The van der Waals surface area contributed by atoms with E-state index in [-0.39, 0.29) is 16.2 Å². The summed E-state index contributed by atoms with van der Waals surface area (Å²) in [7, 11) is 0. The van der Waals surface area contributed by atoms with Gasteiger partial charge in [-0.15, -0.1) is 0 Å². The summed E-state index contributed by atoms with van der Waals surface area (Å²) in [5.74, 6) is -0.410. The van der Waals surface area contributed by atoms with Gasteiger partial charge in [0.15, 0.2) is 0 Å². The first-order chi connectivity index (χ1) is 11.7. The monoisotopic (exact) mass is 363 g/mol. The first kappa shape index (κ1) is 19.2. The Morgan fingerprint density at radius 2 is 1.96 bits per heavy atom. The Morgan fingerprint density at radius 3 is 2.44 bits per heavy atom.